The van der Waals surface area contributed by atoms with E-state index in [2.05, 4.69) is 24.4 Å². The summed E-state index contributed by atoms with van der Waals surface area (Å²) in [5.74, 6) is 0.395. The van der Waals surface area contributed by atoms with Gasteiger partial charge in [-0.3, -0.25) is 4.79 Å². The van der Waals surface area contributed by atoms with Gasteiger partial charge in [-0.2, -0.15) is 0 Å². The molecule has 0 saturated heterocycles. The van der Waals surface area contributed by atoms with Crippen LogP contribution in [0.25, 0.3) is 20.8 Å². The minimum atomic E-state index is -0.641. The maximum Gasteiger partial charge on any atom is 0.265 e. The normalized spacial score (nSPS) is 12.0. The van der Waals surface area contributed by atoms with Gasteiger partial charge in [-0.05, 0) is 86.5 Å². The van der Waals surface area contributed by atoms with Crippen molar-refractivity contribution in [1.82, 2.24) is 4.98 Å². The van der Waals surface area contributed by atoms with Crippen LogP contribution >= 0.6 is 22.9 Å². The Morgan fingerprint density at radius 3 is 2.57 bits per heavy atom. The summed E-state index contributed by atoms with van der Waals surface area (Å²) in [7, 11) is 0. The van der Waals surface area contributed by atoms with E-state index >= 15 is 0 Å². The van der Waals surface area contributed by atoms with E-state index in [4.69, 9.17) is 21.3 Å². The van der Waals surface area contributed by atoms with Crippen LogP contribution in [0.3, 0.4) is 0 Å². The minimum Gasteiger partial charge on any atom is -0.481 e. The highest BCUT2D eigenvalue weighted by Gasteiger charge is 2.15. The van der Waals surface area contributed by atoms with E-state index in [-0.39, 0.29) is 5.91 Å². The second kappa shape index (κ2) is 8.46. The molecule has 4 nitrogen and oxygen atoms in total. The van der Waals surface area contributed by atoms with Crippen molar-refractivity contribution in [2.75, 3.05) is 5.32 Å². The Morgan fingerprint density at radius 2 is 1.83 bits per heavy atom. The average Bonchev–Trinajstić information content (AvgIpc) is 3.14. The third-order valence-electron chi connectivity index (χ3n) is 4.75. The summed E-state index contributed by atoms with van der Waals surface area (Å²) in [4.78, 5) is 17.2. The van der Waals surface area contributed by atoms with Gasteiger partial charge in [-0.25, -0.2) is 4.98 Å². The monoisotopic (exact) mass is 436 g/mol. The molecule has 3 aromatic carbocycles. The molecule has 0 fully saturated rings. The number of carbonyl (C=O) groups excluding carboxylic acids is 1. The standard InChI is InChI=1S/C24H21ClN2O2S/c1-14-4-11-21-22(12-14)30-24(27-21)17-5-7-18(8-6-17)26-23(28)16(3)29-19-9-10-20(25)15(2)13-19/h4-13,16H,1-3H3,(H,26,28). The van der Waals surface area contributed by atoms with E-state index in [0.29, 0.717) is 16.5 Å². The highest BCUT2D eigenvalue weighted by atomic mass is 35.5. The number of nitrogens with zero attached hydrogens (tertiary/aromatic N) is 1. The minimum absolute atomic E-state index is 0.217. The zero-order valence-electron chi connectivity index (χ0n) is 16.9. The molecule has 0 spiro atoms. The molecule has 0 saturated carbocycles. The molecule has 1 heterocycles. The first-order chi connectivity index (χ1) is 14.4. The van der Waals surface area contributed by atoms with Crippen molar-refractivity contribution in [3.8, 4) is 16.3 Å². The van der Waals surface area contributed by atoms with Gasteiger partial charge in [0.1, 0.15) is 10.8 Å². The number of nitrogens with one attached hydrogen (secondary N) is 1. The third kappa shape index (κ3) is 4.48. The SMILES string of the molecule is Cc1ccc2nc(-c3ccc(NC(=O)C(C)Oc4ccc(Cl)c(C)c4)cc3)sc2c1. The van der Waals surface area contributed by atoms with Crippen LogP contribution in [0.15, 0.2) is 60.7 Å². The van der Waals surface area contributed by atoms with Crippen molar-refractivity contribution in [2.24, 2.45) is 0 Å². The zero-order valence-corrected chi connectivity index (χ0v) is 18.5. The van der Waals surface area contributed by atoms with E-state index in [1.807, 2.05) is 43.3 Å². The van der Waals surface area contributed by atoms with Gasteiger partial charge in [0.25, 0.3) is 5.91 Å². The number of carbonyl (C=O) groups is 1. The number of amides is 1. The van der Waals surface area contributed by atoms with E-state index in [1.165, 1.54) is 10.3 Å². The number of thiazole rings is 1. The van der Waals surface area contributed by atoms with Crippen LogP contribution in [-0.2, 0) is 4.79 Å². The number of hydrogen-bond donors (Lipinski definition) is 1. The Morgan fingerprint density at radius 1 is 1.07 bits per heavy atom. The molecule has 0 aliphatic heterocycles. The van der Waals surface area contributed by atoms with E-state index < -0.39 is 6.10 Å². The number of anilines is 1. The molecule has 30 heavy (non-hydrogen) atoms. The fraction of sp³-hybridized carbons (Fsp3) is 0.167. The molecule has 4 aromatic rings. The van der Waals surface area contributed by atoms with Gasteiger partial charge in [0.05, 0.1) is 10.2 Å². The summed E-state index contributed by atoms with van der Waals surface area (Å²) in [5.41, 5.74) is 4.86. The van der Waals surface area contributed by atoms with Crippen molar-refractivity contribution in [3.63, 3.8) is 0 Å². The topological polar surface area (TPSA) is 51.2 Å². The second-order valence-corrected chi connectivity index (χ2v) is 8.67. The van der Waals surface area contributed by atoms with Crippen LogP contribution in [-0.4, -0.2) is 17.0 Å². The van der Waals surface area contributed by atoms with Crippen LogP contribution in [0.2, 0.25) is 5.02 Å². The molecule has 1 aromatic heterocycles. The highest BCUT2D eigenvalue weighted by Crippen LogP contribution is 2.31. The molecule has 0 radical (unpaired) electrons. The summed E-state index contributed by atoms with van der Waals surface area (Å²) in [6.07, 6.45) is -0.641. The van der Waals surface area contributed by atoms with Crippen LogP contribution in [0.4, 0.5) is 5.69 Å². The number of rotatable bonds is 5. The van der Waals surface area contributed by atoms with Crippen molar-refractivity contribution in [2.45, 2.75) is 26.9 Å². The Labute approximate surface area is 184 Å². The zero-order chi connectivity index (χ0) is 21.3. The lowest BCUT2D eigenvalue weighted by Crippen LogP contribution is -2.30. The molecule has 4 rings (SSSR count). The van der Waals surface area contributed by atoms with Crippen LogP contribution in [0, 0.1) is 13.8 Å². The molecule has 0 bridgehead atoms. The predicted molar refractivity (Wildman–Crippen MR) is 125 cm³/mol. The van der Waals surface area contributed by atoms with E-state index in [1.54, 1.807) is 30.4 Å². The third-order valence-corrected chi connectivity index (χ3v) is 6.25. The fourth-order valence-electron chi connectivity index (χ4n) is 3.04. The number of aryl methyl sites for hydroxylation is 2. The first-order valence-electron chi connectivity index (χ1n) is 9.60. The number of ether oxygens (including phenoxy) is 1. The van der Waals surface area contributed by atoms with Crippen LogP contribution in [0.1, 0.15) is 18.1 Å². The number of fused-ring (bicyclic) bond motifs is 1. The van der Waals surface area contributed by atoms with Crippen molar-refractivity contribution >= 4 is 44.7 Å². The van der Waals surface area contributed by atoms with Crippen LogP contribution in [0.5, 0.6) is 5.75 Å². The lowest BCUT2D eigenvalue weighted by atomic mass is 10.2. The summed E-state index contributed by atoms with van der Waals surface area (Å²) in [6, 6.07) is 19.3. The maximum atomic E-state index is 12.5. The van der Waals surface area contributed by atoms with Gasteiger partial charge in [-0.15, -0.1) is 11.3 Å². The molecular weight excluding hydrogens is 416 g/mol. The van der Waals surface area contributed by atoms with E-state index in [9.17, 15) is 4.79 Å². The van der Waals surface area contributed by atoms with Crippen molar-refractivity contribution < 1.29 is 9.53 Å². The highest BCUT2D eigenvalue weighted by molar-refractivity contribution is 7.21. The fourth-order valence-corrected chi connectivity index (χ4v) is 4.23. The first-order valence-corrected chi connectivity index (χ1v) is 10.8. The maximum absolute atomic E-state index is 12.5. The smallest absolute Gasteiger partial charge is 0.265 e. The molecular formula is C24H21ClN2O2S. The molecule has 0 aliphatic rings. The Bertz CT molecular complexity index is 1220. The molecule has 0 aliphatic carbocycles. The van der Waals surface area contributed by atoms with Gasteiger partial charge in [0, 0.05) is 16.3 Å². The summed E-state index contributed by atoms with van der Waals surface area (Å²) >= 11 is 7.70. The van der Waals surface area contributed by atoms with Gasteiger partial charge >= 0.3 is 0 Å². The number of benzene rings is 3. The molecule has 1 N–H and O–H groups in total. The molecule has 152 valence electrons. The lowest BCUT2D eigenvalue weighted by Gasteiger charge is -2.15. The largest absolute Gasteiger partial charge is 0.481 e. The van der Waals surface area contributed by atoms with Gasteiger partial charge in [-0.1, -0.05) is 17.7 Å². The quantitative estimate of drug-likeness (QED) is 0.381. The molecule has 1 unspecified atom stereocenters. The first kappa shape index (κ1) is 20.4. The van der Waals surface area contributed by atoms with Crippen LogP contribution < -0.4 is 10.1 Å². The van der Waals surface area contributed by atoms with Gasteiger partial charge in [0.15, 0.2) is 6.10 Å². The summed E-state index contributed by atoms with van der Waals surface area (Å²) in [6.45, 7) is 5.69. The lowest BCUT2D eigenvalue weighted by molar-refractivity contribution is -0.122. The van der Waals surface area contributed by atoms with Crippen molar-refractivity contribution in [3.05, 3.63) is 76.8 Å². The molecule has 1 amide bonds. The number of hydrogen-bond acceptors (Lipinski definition) is 4. The van der Waals surface area contributed by atoms with Gasteiger partial charge in [0.2, 0.25) is 0 Å². The molecule has 1 atom stereocenters. The summed E-state index contributed by atoms with van der Waals surface area (Å²) < 4.78 is 6.91. The number of halogens is 1. The Balaban J connectivity index is 1.43. The Kier molecular flexibility index (Phi) is 5.75. The van der Waals surface area contributed by atoms with E-state index in [0.717, 1.165) is 21.7 Å². The predicted octanol–water partition coefficient (Wildman–Crippen LogP) is 6.64. The average molecular weight is 437 g/mol. The Hall–Kier alpha value is -2.89. The second-order valence-electron chi connectivity index (χ2n) is 7.23. The summed E-state index contributed by atoms with van der Waals surface area (Å²) in [5, 5.41) is 4.52. The molecule has 6 heteroatoms. The van der Waals surface area contributed by atoms with Gasteiger partial charge < -0.3 is 10.1 Å². The number of aromatic nitrogens is 1. The van der Waals surface area contributed by atoms with Crippen molar-refractivity contribution in [1.29, 1.82) is 0 Å².